The van der Waals surface area contributed by atoms with Gasteiger partial charge in [-0.05, 0) is 24.3 Å². The predicted molar refractivity (Wildman–Crippen MR) is 91.8 cm³/mol. The minimum absolute atomic E-state index is 0.284. The number of fused-ring (bicyclic) bond motifs is 1. The number of hydrogen-bond donors (Lipinski definition) is 2. The lowest BCUT2D eigenvalue weighted by Gasteiger charge is -2.07. The van der Waals surface area contributed by atoms with Crippen LogP contribution in [0.4, 0.5) is 20.0 Å². The number of rotatable bonds is 4. The van der Waals surface area contributed by atoms with Gasteiger partial charge in [0.05, 0.1) is 24.4 Å². The second-order valence-electron chi connectivity index (χ2n) is 4.81. The molecule has 1 heterocycles. The van der Waals surface area contributed by atoms with Crippen molar-refractivity contribution >= 4 is 38.4 Å². The van der Waals surface area contributed by atoms with Gasteiger partial charge >= 0.3 is 6.03 Å². The number of benzene rings is 2. The normalized spacial score (nSPS) is 10.5. The lowest BCUT2D eigenvalue weighted by molar-refractivity contribution is 0.262. The fourth-order valence-electron chi connectivity index (χ4n) is 2.10. The first-order chi connectivity index (χ1) is 11.6. The summed E-state index contributed by atoms with van der Waals surface area (Å²) < 4.78 is 24.4. The van der Waals surface area contributed by atoms with E-state index < -0.39 is 11.8 Å². The van der Waals surface area contributed by atoms with Crippen molar-refractivity contribution in [1.29, 1.82) is 0 Å². The summed E-state index contributed by atoms with van der Waals surface area (Å²) in [6.07, 6.45) is 0. The molecule has 0 bridgehead atoms. The Hall–Kier alpha value is -2.87. The van der Waals surface area contributed by atoms with Crippen molar-refractivity contribution in [3.05, 3.63) is 42.2 Å². The average molecular weight is 347 g/mol. The molecule has 0 aliphatic heterocycles. The summed E-state index contributed by atoms with van der Waals surface area (Å²) in [5.74, 6) is 0.531. The van der Waals surface area contributed by atoms with Crippen LogP contribution in [-0.2, 0) is 0 Å². The molecule has 3 rings (SSSR count). The van der Waals surface area contributed by atoms with E-state index in [1.807, 2.05) is 12.1 Å². The van der Waals surface area contributed by atoms with E-state index in [9.17, 15) is 9.18 Å². The van der Waals surface area contributed by atoms with Crippen LogP contribution in [0.15, 0.2) is 36.4 Å². The van der Waals surface area contributed by atoms with Crippen molar-refractivity contribution in [3.8, 4) is 11.5 Å². The van der Waals surface area contributed by atoms with Gasteiger partial charge in [0.1, 0.15) is 17.3 Å². The molecule has 1 aromatic heterocycles. The Morgan fingerprint density at radius 2 is 1.88 bits per heavy atom. The highest BCUT2D eigenvalue weighted by molar-refractivity contribution is 7.22. The zero-order valence-electron chi connectivity index (χ0n) is 12.9. The number of halogens is 1. The first-order valence-electron chi connectivity index (χ1n) is 6.94. The number of carbonyl (C=O) groups excluding carboxylic acids is 1. The number of aromatic nitrogens is 1. The molecule has 24 heavy (non-hydrogen) atoms. The Bertz CT molecular complexity index is 897. The van der Waals surface area contributed by atoms with E-state index in [0.717, 1.165) is 10.2 Å². The number of urea groups is 1. The SMILES string of the molecule is COc1cc(F)cc(NC(=O)Nc2nc3ccc(OC)cc3s2)c1. The molecule has 2 amide bonds. The Kier molecular flexibility index (Phi) is 4.48. The van der Waals surface area contributed by atoms with Crippen molar-refractivity contribution in [2.24, 2.45) is 0 Å². The van der Waals surface area contributed by atoms with Gasteiger partial charge in [0, 0.05) is 17.8 Å². The fourth-order valence-corrected chi connectivity index (χ4v) is 2.99. The maximum atomic E-state index is 13.4. The van der Waals surface area contributed by atoms with Gasteiger partial charge in [0.25, 0.3) is 0 Å². The molecule has 0 aliphatic rings. The largest absolute Gasteiger partial charge is 0.497 e. The van der Waals surface area contributed by atoms with E-state index in [4.69, 9.17) is 9.47 Å². The molecular formula is C16H14FN3O3S. The zero-order chi connectivity index (χ0) is 17.1. The third kappa shape index (κ3) is 3.54. The lowest BCUT2D eigenvalue weighted by Crippen LogP contribution is -2.19. The van der Waals surface area contributed by atoms with Crippen LogP contribution in [0.25, 0.3) is 10.2 Å². The van der Waals surface area contributed by atoms with Crippen molar-refractivity contribution < 1.29 is 18.7 Å². The fraction of sp³-hybridized carbons (Fsp3) is 0.125. The average Bonchev–Trinajstić information content (AvgIpc) is 2.94. The van der Waals surface area contributed by atoms with E-state index in [-0.39, 0.29) is 5.69 Å². The summed E-state index contributed by atoms with van der Waals surface area (Å²) in [7, 11) is 3.01. The minimum atomic E-state index is -0.520. The van der Waals surface area contributed by atoms with E-state index in [0.29, 0.717) is 16.6 Å². The van der Waals surface area contributed by atoms with Crippen LogP contribution in [0.1, 0.15) is 0 Å². The summed E-state index contributed by atoms with van der Waals surface area (Å²) in [5, 5.41) is 5.60. The minimum Gasteiger partial charge on any atom is -0.497 e. The molecule has 2 aromatic carbocycles. The Labute approximate surface area is 141 Å². The van der Waals surface area contributed by atoms with Gasteiger partial charge in [-0.15, -0.1) is 0 Å². The van der Waals surface area contributed by atoms with Gasteiger partial charge in [-0.3, -0.25) is 5.32 Å². The second kappa shape index (κ2) is 6.71. The standard InChI is InChI=1S/C16H14FN3O3S/c1-22-11-3-4-13-14(8-11)24-16(19-13)20-15(21)18-10-5-9(17)6-12(7-10)23-2/h3-8H,1-2H3,(H2,18,19,20,21). The lowest BCUT2D eigenvalue weighted by atomic mass is 10.3. The van der Waals surface area contributed by atoms with Gasteiger partial charge < -0.3 is 14.8 Å². The molecule has 2 N–H and O–H groups in total. The van der Waals surface area contributed by atoms with E-state index in [1.165, 1.54) is 36.6 Å². The van der Waals surface area contributed by atoms with E-state index in [1.54, 1.807) is 13.2 Å². The molecule has 3 aromatic rings. The van der Waals surface area contributed by atoms with Gasteiger partial charge in [-0.25, -0.2) is 14.2 Å². The molecule has 0 atom stereocenters. The van der Waals surface area contributed by atoms with Crippen LogP contribution in [0.3, 0.4) is 0 Å². The Balaban J connectivity index is 1.74. The van der Waals surface area contributed by atoms with Crippen LogP contribution in [0, 0.1) is 5.82 Å². The van der Waals surface area contributed by atoms with Crippen LogP contribution >= 0.6 is 11.3 Å². The predicted octanol–water partition coefficient (Wildman–Crippen LogP) is 4.10. The Morgan fingerprint density at radius 3 is 2.62 bits per heavy atom. The molecule has 0 radical (unpaired) electrons. The molecule has 6 nitrogen and oxygen atoms in total. The molecule has 0 spiro atoms. The summed E-state index contributed by atoms with van der Waals surface area (Å²) >= 11 is 1.31. The van der Waals surface area contributed by atoms with Gasteiger partial charge in [-0.2, -0.15) is 0 Å². The maximum Gasteiger partial charge on any atom is 0.325 e. The molecular weight excluding hydrogens is 333 g/mol. The van der Waals surface area contributed by atoms with Crippen LogP contribution in [-0.4, -0.2) is 25.2 Å². The number of thiazole rings is 1. The molecule has 0 aliphatic carbocycles. The highest BCUT2D eigenvalue weighted by atomic mass is 32.1. The van der Waals surface area contributed by atoms with E-state index in [2.05, 4.69) is 15.6 Å². The molecule has 0 saturated carbocycles. The topological polar surface area (TPSA) is 72.5 Å². The van der Waals surface area contributed by atoms with Crippen LogP contribution in [0.2, 0.25) is 0 Å². The van der Waals surface area contributed by atoms with Crippen molar-refractivity contribution in [3.63, 3.8) is 0 Å². The Morgan fingerprint density at radius 1 is 1.08 bits per heavy atom. The number of nitrogens with one attached hydrogen (secondary N) is 2. The number of carbonyl (C=O) groups is 1. The number of anilines is 2. The van der Waals surface area contributed by atoms with Crippen molar-refractivity contribution in [2.45, 2.75) is 0 Å². The number of ether oxygens (including phenoxy) is 2. The summed E-state index contributed by atoms with van der Waals surface area (Å²) in [5.41, 5.74) is 1.04. The quantitative estimate of drug-likeness (QED) is 0.745. The molecule has 8 heteroatoms. The van der Waals surface area contributed by atoms with Gasteiger partial charge in [0.2, 0.25) is 0 Å². The first kappa shape index (κ1) is 16.0. The molecule has 124 valence electrons. The first-order valence-corrected chi connectivity index (χ1v) is 7.76. The molecule has 0 fully saturated rings. The highest BCUT2D eigenvalue weighted by Gasteiger charge is 2.10. The van der Waals surface area contributed by atoms with Gasteiger partial charge in [-0.1, -0.05) is 11.3 Å². The zero-order valence-corrected chi connectivity index (χ0v) is 13.7. The van der Waals surface area contributed by atoms with Gasteiger partial charge in [0.15, 0.2) is 5.13 Å². The monoisotopic (exact) mass is 347 g/mol. The van der Waals surface area contributed by atoms with Crippen LogP contribution in [0.5, 0.6) is 11.5 Å². The highest BCUT2D eigenvalue weighted by Crippen LogP contribution is 2.29. The number of methoxy groups -OCH3 is 2. The van der Waals surface area contributed by atoms with Crippen molar-refractivity contribution in [1.82, 2.24) is 4.98 Å². The summed E-state index contributed by atoms with van der Waals surface area (Å²) in [4.78, 5) is 16.4. The number of amides is 2. The number of nitrogens with zero attached hydrogens (tertiary/aromatic N) is 1. The third-order valence-electron chi connectivity index (χ3n) is 3.18. The smallest absolute Gasteiger partial charge is 0.325 e. The van der Waals surface area contributed by atoms with Crippen molar-refractivity contribution in [2.75, 3.05) is 24.9 Å². The third-order valence-corrected chi connectivity index (χ3v) is 4.11. The molecule has 0 saturated heterocycles. The van der Waals surface area contributed by atoms with E-state index >= 15 is 0 Å². The summed E-state index contributed by atoms with van der Waals surface area (Å²) in [6.45, 7) is 0. The summed E-state index contributed by atoms with van der Waals surface area (Å²) in [6, 6.07) is 8.87. The molecule has 0 unspecified atom stereocenters. The number of hydrogen-bond acceptors (Lipinski definition) is 5. The van der Waals surface area contributed by atoms with Crippen LogP contribution < -0.4 is 20.1 Å². The second-order valence-corrected chi connectivity index (χ2v) is 5.84. The maximum absolute atomic E-state index is 13.4.